The molecule has 1 aromatic heterocycles. The Balaban J connectivity index is 0.000000818. The van der Waals surface area contributed by atoms with Gasteiger partial charge in [-0.3, -0.25) is 19.0 Å². The minimum atomic E-state index is -3.67. The molecule has 0 bridgehead atoms. The Bertz CT molecular complexity index is 1760. The summed E-state index contributed by atoms with van der Waals surface area (Å²) in [5, 5.41) is 13.1. The third-order valence-corrected chi connectivity index (χ3v) is 7.24. The average molecular weight is 624 g/mol. The van der Waals surface area contributed by atoms with Gasteiger partial charge in [-0.25, -0.2) is 0 Å². The second-order valence-electron chi connectivity index (χ2n) is 10.5. The summed E-state index contributed by atoms with van der Waals surface area (Å²) in [6, 6.07) is 19.8. The molecule has 1 fully saturated rings. The molecule has 12 heteroatoms. The van der Waals surface area contributed by atoms with Crippen molar-refractivity contribution in [2.24, 2.45) is 0 Å². The van der Waals surface area contributed by atoms with E-state index in [0.717, 1.165) is 50.4 Å². The highest BCUT2D eigenvalue weighted by Gasteiger charge is 2.21. The Morgan fingerprint density at radius 3 is 2.36 bits per heavy atom. The van der Waals surface area contributed by atoms with Gasteiger partial charge in [-0.1, -0.05) is 36.4 Å². The minimum absolute atomic E-state index is 0.131. The number of amides is 1. The molecule has 0 saturated carbocycles. The molecule has 0 atom stereocenters. The lowest BCUT2D eigenvalue weighted by atomic mass is 10.0. The highest BCUT2D eigenvalue weighted by molar-refractivity contribution is 7.85. The molecule has 0 spiro atoms. The maximum absolute atomic E-state index is 13.1. The molecule has 234 valence electrons. The van der Waals surface area contributed by atoms with Crippen molar-refractivity contribution < 1.29 is 32.0 Å². The predicted molar refractivity (Wildman–Crippen MR) is 170 cm³/mol. The molecule has 4 aromatic rings. The third kappa shape index (κ3) is 8.37. The summed E-state index contributed by atoms with van der Waals surface area (Å²) in [7, 11) is -2.06. The molecule has 1 aliphatic rings. The van der Waals surface area contributed by atoms with E-state index in [2.05, 4.69) is 15.1 Å². The molecule has 0 unspecified atom stereocenters. The molecule has 44 heavy (non-hydrogen) atoms. The van der Waals surface area contributed by atoms with E-state index in [1.54, 1.807) is 44.4 Å². The number of phenols is 1. The zero-order valence-corrected chi connectivity index (χ0v) is 25.8. The highest BCUT2D eigenvalue weighted by Crippen LogP contribution is 2.32. The Labute approximate surface area is 256 Å². The number of carbonyl (C=O) groups is 1. The van der Waals surface area contributed by atoms with Gasteiger partial charge in [0.2, 0.25) is 0 Å². The topological polar surface area (TPSA) is 150 Å². The fourth-order valence-electron chi connectivity index (χ4n) is 5.09. The zero-order valence-electron chi connectivity index (χ0n) is 24.9. The first-order valence-electron chi connectivity index (χ1n) is 14.1. The van der Waals surface area contributed by atoms with Gasteiger partial charge in [-0.05, 0) is 44.2 Å². The molecule has 1 amide bonds. The second-order valence-corrected chi connectivity index (χ2v) is 11.9. The van der Waals surface area contributed by atoms with E-state index in [0.29, 0.717) is 46.4 Å². The third-order valence-electron chi connectivity index (χ3n) is 7.24. The van der Waals surface area contributed by atoms with E-state index in [1.807, 2.05) is 36.4 Å². The highest BCUT2D eigenvalue weighted by atomic mass is 32.2. The van der Waals surface area contributed by atoms with Crippen LogP contribution in [0.1, 0.15) is 22.3 Å². The van der Waals surface area contributed by atoms with Crippen LogP contribution in [0.15, 0.2) is 75.9 Å². The van der Waals surface area contributed by atoms with E-state index < -0.39 is 10.1 Å². The number of rotatable bonds is 8. The predicted octanol–water partition coefficient (Wildman–Crippen LogP) is 3.93. The number of phenolic OH excluding ortho intramolecular Hbond substituents is 1. The molecule has 5 rings (SSSR count). The zero-order chi connectivity index (χ0) is 31.9. The van der Waals surface area contributed by atoms with Crippen LogP contribution < -0.4 is 20.4 Å². The fourth-order valence-corrected chi connectivity index (χ4v) is 5.09. The standard InChI is InChI=1S/C31H33N3O5.CH4O3S/c1-21-28(36)24-10-6-11-25(30(24)39-29(21)22-8-4-3-5-9-22)31(37)32-14-7-15-33-16-18-34(19-17-33)26-13-12-23(35)20-27(26)38-2;1-5(2,3)4/h3-6,8-13,20,35H,7,14-19H2,1-2H3,(H,32,37);1H3,(H,2,3,4). The van der Waals surface area contributed by atoms with E-state index in [-0.39, 0.29) is 17.1 Å². The summed E-state index contributed by atoms with van der Waals surface area (Å²) < 4.78 is 37.5. The largest absolute Gasteiger partial charge is 0.508 e. The van der Waals surface area contributed by atoms with Crippen molar-refractivity contribution in [3.8, 4) is 22.8 Å². The fraction of sp³-hybridized carbons (Fsp3) is 0.312. The quantitative estimate of drug-likeness (QED) is 0.195. The van der Waals surface area contributed by atoms with E-state index in [9.17, 15) is 23.1 Å². The van der Waals surface area contributed by atoms with Gasteiger partial charge < -0.3 is 24.5 Å². The second kappa shape index (κ2) is 14.4. The number of para-hydroxylation sites is 1. The van der Waals surface area contributed by atoms with E-state index in [4.69, 9.17) is 13.7 Å². The molecular formula is C32H37N3O8S. The summed E-state index contributed by atoms with van der Waals surface area (Å²) in [5.41, 5.74) is 2.84. The van der Waals surface area contributed by atoms with Gasteiger partial charge in [0.1, 0.15) is 17.3 Å². The number of piperazine rings is 1. The van der Waals surface area contributed by atoms with Crippen molar-refractivity contribution in [2.45, 2.75) is 13.3 Å². The number of ether oxygens (including phenoxy) is 1. The molecule has 0 aliphatic carbocycles. The Morgan fingerprint density at radius 2 is 1.70 bits per heavy atom. The number of methoxy groups -OCH3 is 1. The van der Waals surface area contributed by atoms with E-state index >= 15 is 0 Å². The number of aromatic hydroxyl groups is 1. The van der Waals surface area contributed by atoms with Crippen LogP contribution in [0.4, 0.5) is 5.69 Å². The summed E-state index contributed by atoms with van der Waals surface area (Å²) in [6.45, 7) is 6.63. The molecule has 3 aromatic carbocycles. The van der Waals surface area contributed by atoms with Gasteiger partial charge in [0, 0.05) is 49.9 Å². The number of nitrogens with one attached hydrogen (secondary N) is 1. The Kier molecular flexibility index (Phi) is 10.6. The molecule has 3 N–H and O–H groups in total. The number of fused-ring (bicyclic) bond motifs is 1. The van der Waals surface area contributed by atoms with Crippen molar-refractivity contribution in [3.63, 3.8) is 0 Å². The van der Waals surface area contributed by atoms with Gasteiger partial charge in [-0.2, -0.15) is 8.42 Å². The lowest BCUT2D eigenvalue weighted by molar-refractivity contribution is 0.0952. The number of nitrogens with zero attached hydrogens (tertiary/aromatic N) is 2. The van der Waals surface area contributed by atoms with Crippen LogP contribution in [0.25, 0.3) is 22.3 Å². The Morgan fingerprint density at radius 1 is 1.02 bits per heavy atom. The Hall–Kier alpha value is -4.39. The molecule has 0 radical (unpaired) electrons. The van der Waals surface area contributed by atoms with Crippen molar-refractivity contribution in [1.29, 1.82) is 0 Å². The summed E-state index contributed by atoms with van der Waals surface area (Å²) in [4.78, 5) is 30.8. The van der Waals surface area contributed by atoms with Gasteiger partial charge in [-0.15, -0.1) is 0 Å². The molecular weight excluding hydrogens is 586 g/mol. The molecule has 1 aliphatic heterocycles. The van der Waals surface area contributed by atoms with Gasteiger partial charge in [0.25, 0.3) is 16.0 Å². The van der Waals surface area contributed by atoms with E-state index in [1.165, 1.54) is 0 Å². The average Bonchev–Trinajstić information content (AvgIpc) is 3.00. The summed E-state index contributed by atoms with van der Waals surface area (Å²) in [6.07, 6.45) is 1.52. The number of anilines is 1. The number of hydrogen-bond acceptors (Lipinski definition) is 9. The maximum atomic E-state index is 13.1. The van der Waals surface area contributed by atoms with Crippen molar-refractivity contribution in [3.05, 3.63) is 88.1 Å². The van der Waals surface area contributed by atoms with Crippen molar-refractivity contribution in [2.75, 3.05) is 57.5 Å². The van der Waals surface area contributed by atoms with Crippen molar-refractivity contribution in [1.82, 2.24) is 10.2 Å². The normalized spacial score (nSPS) is 13.7. The molecule has 11 nitrogen and oxygen atoms in total. The van der Waals surface area contributed by atoms with Crippen LogP contribution in [0.5, 0.6) is 11.5 Å². The number of hydrogen-bond donors (Lipinski definition) is 3. The SMILES string of the molecule is COc1cc(O)ccc1N1CCN(CCCNC(=O)c2cccc3c(=O)c(C)c(-c4ccccc4)oc23)CC1.CS(=O)(=O)O. The van der Waals surface area contributed by atoms with Crippen LogP contribution in [-0.2, 0) is 10.1 Å². The van der Waals surface area contributed by atoms with Crippen molar-refractivity contribution >= 4 is 32.7 Å². The van der Waals surface area contributed by atoms with Crippen LogP contribution in [0.3, 0.4) is 0 Å². The van der Waals surface area contributed by atoms with Gasteiger partial charge >= 0.3 is 0 Å². The first-order chi connectivity index (χ1) is 21.0. The molecule has 2 heterocycles. The van der Waals surface area contributed by atoms with Gasteiger partial charge in [0.15, 0.2) is 11.0 Å². The maximum Gasteiger partial charge on any atom is 0.261 e. The van der Waals surface area contributed by atoms with Crippen LogP contribution >= 0.6 is 0 Å². The smallest absolute Gasteiger partial charge is 0.261 e. The van der Waals surface area contributed by atoms with Gasteiger partial charge in [0.05, 0.1) is 30.0 Å². The lowest BCUT2D eigenvalue weighted by Crippen LogP contribution is -2.47. The van der Waals surface area contributed by atoms with Crippen LogP contribution in [0.2, 0.25) is 0 Å². The minimum Gasteiger partial charge on any atom is -0.508 e. The number of carbonyl (C=O) groups excluding carboxylic acids is 1. The van der Waals surface area contributed by atoms with Crippen LogP contribution in [0, 0.1) is 6.92 Å². The number of benzene rings is 3. The summed E-state index contributed by atoms with van der Waals surface area (Å²) in [5.74, 6) is 1.09. The first kappa shape index (κ1) is 32.5. The first-order valence-corrected chi connectivity index (χ1v) is 16.0. The monoisotopic (exact) mass is 623 g/mol. The molecule has 1 saturated heterocycles. The lowest BCUT2D eigenvalue weighted by Gasteiger charge is -2.36. The van der Waals surface area contributed by atoms with Crippen LogP contribution in [-0.4, -0.2) is 81.5 Å². The summed E-state index contributed by atoms with van der Waals surface area (Å²) >= 11 is 0.